The minimum absolute atomic E-state index is 0. The highest BCUT2D eigenvalue weighted by Gasteiger charge is 2.26. The van der Waals surface area contributed by atoms with Gasteiger partial charge in [-0.15, -0.1) is 12.4 Å². The van der Waals surface area contributed by atoms with Crippen molar-refractivity contribution in [3.05, 3.63) is 39.9 Å². The molecule has 1 aliphatic rings. The molecular formula is C12H16ClN3O3. The van der Waals surface area contributed by atoms with E-state index in [2.05, 4.69) is 5.32 Å². The Balaban J connectivity index is 0.00000180. The number of carbonyl (C=O) groups excluding carboxylic acids is 1. The van der Waals surface area contributed by atoms with Crippen molar-refractivity contribution in [2.75, 3.05) is 20.1 Å². The van der Waals surface area contributed by atoms with E-state index in [1.165, 1.54) is 18.2 Å². The fourth-order valence-corrected chi connectivity index (χ4v) is 2.12. The van der Waals surface area contributed by atoms with Crippen LogP contribution in [0.5, 0.6) is 0 Å². The highest BCUT2D eigenvalue weighted by atomic mass is 35.5. The van der Waals surface area contributed by atoms with Crippen LogP contribution in [0, 0.1) is 10.1 Å². The van der Waals surface area contributed by atoms with Crippen LogP contribution < -0.4 is 5.32 Å². The van der Waals surface area contributed by atoms with Gasteiger partial charge in [0, 0.05) is 36.8 Å². The standard InChI is InChI=1S/C12H15N3O3.ClH/c1-13-10-5-6-14(8-10)12(16)9-3-2-4-11(7-9)15(17)18;/h2-4,7,10,13H,5-6,8H2,1H3;1H. The maximum Gasteiger partial charge on any atom is 0.270 e. The van der Waals surface area contributed by atoms with Crippen LogP contribution in [0.2, 0.25) is 0 Å². The third-order valence-corrected chi connectivity index (χ3v) is 3.19. The maximum absolute atomic E-state index is 12.2. The van der Waals surface area contributed by atoms with Gasteiger partial charge in [-0.3, -0.25) is 14.9 Å². The molecule has 6 nitrogen and oxygen atoms in total. The zero-order valence-electron chi connectivity index (χ0n) is 10.5. The molecule has 0 aliphatic carbocycles. The molecule has 1 aromatic rings. The van der Waals surface area contributed by atoms with Crippen molar-refractivity contribution in [2.24, 2.45) is 0 Å². The summed E-state index contributed by atoms with van der Waals surface area (Å²) in [4.78, 5) is 24.1. The number of amides is 1. The Hall–Kier alpha value is -1.66. The largest absolute Gasteiger partial charge is 0.337 e. The molecule has 1 amide bonds. The molecule has 1 N–H and O–H groups in total. The Morgan fingerprint density at radius 3 is 2.84 bits per heavy atom. The van der Waals surface area contributed by atoms with Crippen LogP contribution in [-0.4, -0.2) is 41.9 Å². The number of benzene rings is 1. The lowest BCUT2D eigenvalue weighted by atomic mass is 10.2. The van der Waals surface area contributed by atoms with E-state index in [0.29, 0.717) is 24.7 Å². The number of non-ortho nitro benzene ring substituents is 1. The van der Waals surface area contributed by atoms with E-state index in [1.807, 2.05) is 7.05 Å². The number of nitro groups is 1. The molecule has 7 heteroatoms. The lowest BCUT2D eigenvalue weighted by Gasteiger charge is -2.16. The second-order valence-electron chi connectivity index (χ2n) is 4.33. The molecule has 2 rings (SSSR count). The van der Waals surface area contributed by atoms with Crippen LogP contribution in [-0.2, 0) is 0 Å². The molecule has 1 heterocycles. The maximum atomic E-state index is 12.2. The first kappa shape index (κ1) is 15.4. The summed E-state index contributed by atoms with van der Waals surface area (Å²) in [5.41, 5.74) is 0.325. The molecule has 104 valence electrons. The highest BCUT2D eigenvalue weighted by molar-refractivity contribution is 5.95. The van der Waals surface area contributed by atoms with Gasteiger partial charge in [-0.25, -0.2) is 0 Å². The predicted octanol–water partition coefficient (Wildman–Crippen LogP) is 1.45. The minimum Gasteiger partial charge on any atom is -0.337 e. The number of carbonyl (C=O) groups is 1. The number of hydrogen-bond acceptors (Lipinski definition) is 4. The molecule has 1 unspecified atom stereocenters. The number of rotatable bonds is 3. The first-order chi connectivity index (χ1) is 8.61. The highest BCUT2D eigenvalue weighted by Crippen LogP contribution is 2.17. The fourth-order valence-electron chi connectivity index (χ4n) is 2.12. The Labute approximate surface area is 117 Å². The van der Waals surface area contributed by atoms with Gasteiger partial charge in [-0.05, 0) is 19.5 Å². The van der Waals surface area contributed by atoms with Gasteiger partial charge >= 0.3 is 0 Å². The normalized spacial score (nSPS) is 17.9. The average molecular weight is 286 g/mol. The quantitative estimate of drug-likeness (QED) is 0.674. The van der Waals surface area contributed by atoms with E-state index in [-0.39, 0.29) is 24.0 Å². The number of likely N-dealkylation sites (tertiary alicyclic amines) is 1. The van der Waals surface area contributed by atoms with Crippen LogP contribution in [0.15, 0.2) is 24.3 Å². The second-order valence-corrected chi connectivity index (χ2v) is 4.33. The summed E-state index contributed by atoms with van der Waals surface area (Å²) in [6, 6.07) is 6.18. The van der Waals surface area contributed by atoms with E-state index >= 15 is 0 Å². The van der Waals surface area contributed by atoms with Crippen molar-refractivity contribution in [1.82, 2.24) is 10.2 Å². The zero-order valence-corrected chi connectivity index (χ0v) is 11.4. The molecule has 1 saturated heterocycles. The Morgan fingerprint density at radius 2 is 2.26 bits per heavy atom. The lowest BCUT2D eigenvalue weighted by Crippen LogP contribution is -2.33. The number of nitro benzene ring substituents is 1. The van der Waals surface area contributed by atoms with Crippen LogP contribution in [0.25, 0.3) is 0 Å². The molecule has 0 aromatic heterocycles. The lowest BCUT2D eigenvalue weighted by molar-refractivity contribution is -0.384. The van der Waals surface area contributed by atoms with Gasteiger partial charge < -0.3 is 10.2 Å². The number of likely N-dealkylation sites (N-methyl/N-ethyl adjacent to an activating group) is 1. The molecule has 0 radical (unpaired) electrons. The Bertz CT molecular complexity index is 481. The van der Waals surface area contributed by atoms with E-state index in [0.717, 1.165) is 6.42 Å². The summed E-state index contributed by atoms with van der Waals surface area (Å²) in [6.07, 6.45) is 0.914. The first-order valence-electron chi connectivity index (χ1n) is 5.83. The van der Waals surface area contributed by atoms with Gasteiger partial charge in [-0.2, -0.15) is 0 Å². The van der Waals surface area contributed by atoms with Gasteiger partial charge in [0.15, 0.2) is 0 Å². The molecule has 0 saturated carbocycles. The third-order valence-electron chi connectivity index (χ3n) is 3.19. The van der Waals surface area contributed by atoms with Crippen molar-refractivity contribution in [2.45, 2.75) is 12.5 Å². The summed E-state index contributed by atoms with van der Waals surface area (Å²) in [5.74, 6) is -0.142. The van der Waals surface area contributed by atoms with Crippen molar-refractivity contribution < 1.29 is 9.72 Å². The van der Waals surface area contributed by atoms with Crippen LogP contribution >= 0.6 is 12.4 Å². The summed E-state index contributed by atoms with van der Waals surface area (Å²) >= 11 is 0. The zero-order chi connectivity index (χ0) is 13.1. The van der Waals surface area contributed by atoms with Crippen LogP contribution in [0.3, 0.4) is 0 Å². The molecule has 1 fully saturated rings. The van der Waals surface area contributed by atoms with E-state index in [4.69, 9.17) is 0 Å². The molecule has 0 spiro atoms. The van der Waals surface area contributed by atoms with Crippen molar-refractivity contribution in [3.8, 4) is 0 Å². The van der Waals surface area contributed by atoms with Crippen molar-refractivity contribution in [1.29, 1.82) is 0 Å². The number of halogens is 1. The molecule has 1 atom stereocenters. The van der Waals surface area contributed by atoms with E-state index in [9.17, 15) is 14.9 Å². The number of hydrogen-bond donors (Lipinski definition) is 1. The van der Waals surface area contributed by atoms with Crippen LogP contribution in [0.4, 0.5) is 5.69 Å². The number of nitrogens with one attached hydrogen (secondary N) is 1. The van der Waals surface area contributed by atoms with E-state index < -0.39 is 4.92 Å². The molecule has 1 aliphatic heterocycles. The monoisotopic (exact) mass is 285 g/mol. The Morgan fingerprint density at radius 1 is 1.53 bits per heavy atom. The molecule has 19 heavy (non-hydrogen) atoms. The fraction of sp³-hybridized carbons (Fsp3) is 0.417. The SMILES string of the molecule is CNC1CCN(C(=O)c2cccc([N+](=O)[O-])c2)C1.Cl. The van der Waals surface area contributed by atoms with Crippen LogP contribution in [0.1, 0.15) is 16.8 Å². The van der Waals surface area contributed by atoms with Crippen molar-refractivity contribution in [3.63, 3.8) is 0 Å². The molecule has 1 aromatic carbocycles. The third kappa shape index (κ3) is 3.42. The topological polar surface area (TPSA) is 75.5 Å². The second kappa shape index (κ2) is 6.49. The summed E-state index contributed by atoms with van der Waals surface area (Å²) in [5, 5.41) is 13.8. The van der Waals surface area contributed by atoms with Gasteiger partial charge in [0.25, 0.3) is 11.6 Å². The van der Waals surface area contributed by atoms with Gasteiger partial charge in [-0.1, -0.05) is 6.07 Å². The number of nitrogens with zero attached hydrogens (tertiary/aromatic N) is 2. The molecule has 0 bridgehead atoms. The Kier molecular flexibility index (Phi) is 5.26. The van der Waals surface area contributed by atoms with Gasteiger partial charge in [0.1, 0.15) is 0 Å². The first-order valence-corrected chi connectivity index (χ1v) is 5.83. The smallest absolute Gasteiger partial charge is 0.270 e. The predicted molar refractivity (Wildman–Crippen MR) is 73.7 cm³/mol. The summed E-state index contributed by atoms with van der Waals surface area (Å²) in [7, 11) is 1.87. The summed E-state index contributed by atoms with van der Waals surface area (Å²) in [6.45, 7) is 1.34. The van der Waals surface area contributed by atoms with Crippen molar-refractivity contribution >= 4 is 24.0 Å². The van der Waals surface area contributed by atoms with Gasteiger partial charge in [0.05, 0.1) is 4.92 Å². The van der Waals surface area contributed by atoms with Gasteiger partial charge in [0.2, 0.25) is 0 Å². The average Bonchev–Trinajstić information content (AvgIpc) is 2.86. The summed E-state index contributed by atoms with van der Waals surface area (Å²) < 4.78 is 0. The molecular weight excluding hydrogens is 270 g/mol. The van der Waals surface area contributed by atoms with E-state index in [1.54, 1.807) is 11.0 Å². The minimum atomic E-state index is -0.489.